The Morgan fingerprint density at radius 2 is 1.67 bits per heavy atom. The maximum Gasteiger partial charge on any atom is 0.250 e. The molecular formula is C10H8BrNO2S. The van der Waals surface area contributed by atoms with Crippen molar-refractivity contribution < 1.29 is 8.42 Å². The van der Waals surface area contributed by atoms with Gasteiger partial charge < -0.3 is 0 Å². The van der Waals surface area contributed by atoms with Crippen LogP contribution in [-0.4, -0.2) is 8.42 Å². The summed E-state index contributed by atoms with van der Waals surface area (Å²) >= 11 is 2.73. The molecule has 2 rings (SSSR count). The molecule has 0 unspecified atom stereocenters. The molecule has 0 heterocycles. The van der Waals surface area contributed by atoms with Crippen LogP contribution in [0.25, 0.3) is 10.8 Å². The van der Waals surface area contributed by atoms with Crippen molar-refractivity contribution in [3.63, 3.8) is 0 Å². The van der Waals surface area contributed by atoms with E-state index in [4.69, 9.17) is 0 Å². The molecule has 0 saturated heterocycles. The monoisotopic (exact) mass is 285 g/mol. The van der Waals surface area contributed by atoms with Gasteiger partial charge >= 0.3 is 0 Å². The molecule has 0 aliphatic rings. The molecule has 0 saturated carbocycles. The molecule has 0 aliphatic carbocycles. The van der Waals surface area contributed by atoms with E-state index in [0.29, 0.717) is 0 Å². The summed E-state index contributed by atoms with van der Waals surface area (Å²) in [6, 6.07) is 12.6. The molecule has 0 spiro atoms. The van der Waals surface area contributed by atoms with E-state index in [0.717, 1.165) is 10.8 Å². The van der Waals surface area contributed by atoms with Crippen LogP contribution in [0.15, 0.2) is 47.4 Å². The first-order valence-corrected chi connectivity index (χ1v) is 6.52. The Labute approximate surface area is 96.5 Å². The van der Waals surface area contributed by atoms with Gasteiger partial charge in [0.05, 0.1) is 4.90 Å². The molecule has 0 atom stereocenters. The highest BCUT2D eigenvalue weighted by Gasteiger charge is 2.11. The second-order valence-electron chi connectivity index (χ2n) is 3.09. The van der Waals surface area contributed by atoms with Crippen LogP contribution in [-0.2, 0) is 10.0 Å². The number of fused-ring (bicyclic) bond motifs is 1. The lowest BCUT2D eigenvalue weighted by atomic mass is 10.1. The van der Waals surface area contributed by atoms with Gasteiger partial charge in [0, 0.05) is 16.1 Å². The van der Waals surface area contributed by atoms with Gasteiger partial charge in [-0.05, 0) is 22.9 Å². The summed E-state index contributed by atoms with van der Waals surface area (Å²) in [5.41, 5.74) is 0. The molecule has 78 valence electrons. The molecule has 5 heteroatoms. The van der Waals surface area contributed by atoms with E-state index in [9.17, 15) is 8.42 Å². The second-order valence-corrected chi connectivity index (χ2v) is 5.69. The lowest BCUT2D eigenvalue weighted by Gasteiger charge is -2.02. The molecule has 0 radical (unpaired) electrons. The Morgan fingerprint density at radius 3 is 2.33 bits per heavy atom. The maximum absolute atomic E-state index is 11.5. The minimum absolute atomic E-state index is 0.248. The molecule has 0 aliphatic heterocycles. The van der Waals surface area contributed by atoms with E-state index >= 15 is 0 Å². The Bertz CT molecular complexity index is 595. The van der Waals surface area contributed by atoms with Crippen LogP contribution in [0.1, 0.15) is 0 Å². The van der Waals surface area contributed by atoms with Gasteiger partial charge in [-0.2, -0.15) is 0 Å². The summed E-state index contributed by atoms with van der Waals surface area (Å²) in [5.74, 6) is 0. The number of benzene rings is 2. The zero-order chi connectivity index (χ0) is 10.9. The van der Waals surface area contributed by atoms with Gasteiger partial charge in [0.1, 0.15) is 0 Å². The van der Waals surface area contributed by atoms with Crippen LogP contribution in [0.3, 0.4) is 0 Å². The van der Waals surface area contributed by atoms with Gasteiger partial charge in [-0.15, -0.1) is 3.75 Å². The largest absolute Gasteiger partial charge is 0.250 e. The molecule has 0 aromatic heterocycles. The van der Waals surface area contributed by atoms with E-state index in [1.165, 1.54) is 0 Å². The Balaban J connectivity index is 2.67. The van der Waals surface area contributed by atoms with Crippen molar-refractivity contribution in [2.45, 2.75) is 4.90 Å². The highest BCUT2D eigenvalue weighted by Crippen LogP contribution is 2.18. The average molecular weight is 286 g/mol. The summed E-state index contributed by atoms with van der Waals surface area (Å²) in [7, 11) is -3.42. The van der Waals surface area contributed by atoms with E-state index in [1.54, 1.807) is 18.2 Å². The number of hydrogen-bond donors (Lipinski definition) is 1. The third-order valence-electron chi connectivity index (χ3n) is 2.13. The van der Waals surface area contributed by atoms with Gasteiger partial charge in [-0.3, -0.25) is 0 Å². The van der Waals surface area contributed by atoms with Crippen molar-refractivity contribution in [2.24, 2.45) is 0 Å². The molecule has 3 nitrogen and oxygen atoms in total. The predicted octanol–water partition coefficient (Wildman–Crippen LogP) is 2.43. The highest BCUT2D eigenvalue weighted by atomic mass is 79.9. The fourth-order valence-electron chi connectivity index (χ4n) is 1.38. The maximum atomic E-state index is 11.5. The quantitative estimate of drug-likeness (QED) is 0.862. The molecule has 2 aromatic rings. The van der Waals surface area contributed by atoms with E-state index in [2.05, 4.69) is 19.9 Å². The van der Waals surface area contributed by atoms with Gasteiger partial charge in [0.25, 0.3) is 0 Å². The summed E-state index contributed by atoms with van der Waals surface area (Å²) < 4.78 is 25.1. The van der Waals surface area contributed by atoms with E-state index in [1.807, 2.05) is 24.3 Å². The number of nitrogens with one attached hydrogen (secondary N) is 1. The predicted molar refractivity (Wildman–Crippen MR) is 63.2 cm³/mol. The molecule has 0 bridgehead atoms. The third-order valence-corrected chi connectivity index (χ3v) is 4.49. The smallest absolute Gasteiger partial charge is 0.206 e. The van der Waals surface area contributed by atoms with Crippen LogP contribution in [0.4, 0.5) is 0 Å². The van der Waals surface area contributed by atoms with E-state index < -0.39 is 10.0 Å². The zero-order valence-electron chi connectivity index (χ0n) is 7.64. The SMILES string of the molecule is O=S(=O)(NBr)c1ccc2ccccc2c1. The van der Waals surface area contributed by atoms with Gasteiger partial charge in [-0.25, -0.2) is 8.42 Å². The van der Waals surface area contributed by atoms with Crippen molar-refractivity contribution in [2.75, 3.05) is 0 Å². The van der Waals surface area contributed by atoms with Gasteiger partial charge in [0.2, 0.25) is 10.0 Å². The van der Waals surface area contributed by atoms with E-state index in [-0.39, 0.29) is 4.90 Å². The molecule has 1 N–H and O–H groups in total. The lowest BCUT2D eigenvalue weighted by molar-refractivity contribution is 0.595. The average Bonchev–Trinajstić information content (AvgIpc) is 2.28. The Morgan fingerprint density at radius 1 is 1.00 bits per heavy atom. The van der Waals surface area contributed by atoms with Gasteiger partial charge in [0.15, 0.2) is 0 Å². The van der Waals surface area contributed by atoms with Crippen molar-refractivity contribution in [3.05, 3.63) is 42.5 Å². The molecule has 2 aromatic carbocycles. The summed E-state index contributed by atoms with van der Waals surface area (Å²) in [4.78, 5) is 0.248. The fraction of sp³-hybridized carbons (Fsp3) is 0. The minimum atomic E-state index is -3.42. The number of rotatable bonds is 2. The number of sulfonamides is 1. The standard InChI is InChI=1S/C10H8BrNO2S/c11-12-15(13,14)10-6-5-8-3-1-2-4-9(8)7-10/h1-7,12H. The summed E-state index contributed by atoms with van der Waals surface area (Å²) in [5, 5.41) is 1.92. The zero-order valence-corrected chi connectivity index (χ0v) is 10.0. The number of hydrogen-bond acceptors (Lipinski definition) is 2. The second kappa shape index (κ2) is 3.92. The molecular weight excluding hydrogens is 278 g/mol. The van der Waals surface area contributed by atoms with Crippen LogP contribution in [0, 0.1) is 0 Å². The van der Waals surface area contributed by atoms with Crippen molar-refractivity contribution in [3.8, 4) is 0 Å². The molecule has 15 heavy (non-hydrogen) atoms. The van der Waals surface area contributed by atoms with Crippen molar-refractivity contribution in [1.29, 1.82) is 0 Å². The first-order valence-electron chi connectivity index (χ1n) is 4.25. The van der Waals surface area contributed by atoms with Crippen molar-refractivity contribution >= 4 is 36.9 Å². The Hall–Kier alpha value is -0.910. The first-order chi connectivity index (χ1) is 7.13. The normalized spacial score (nSPS) is 11.8. The van der Waals surface area contributed by atoms with Crippen LogP contribution < -0.4 is 3.75 Å². The highest BCUT2D eigenvalue weighted by molar-refractivity contribution is 9.09. The third kappa shape index (κ3) is 2.04. The molecule has 0 fully saturated rings. The van der Waals surface area contributed by atoms with Crippen LogP contribution >= 0.6 is 16.1 Å². The first kappa shape index (κ1) is 10.6. The fourth-order valence-corrected chi connectivity index (χ4v) is 2.56. The minimum Gasteiger partial charge on any atom is -0.206 e. The van der Waals surface area contributed by atoms with Crippen LogP contribution in [0.5, 0.6) is 0 Å². The van der Waals surface area contributed by atoms with Gasteiger partial charge in [-0.1, -0.05) is 30.3 Å². The van der Waals surface area contributed by atoms with Crippen molar-refractivity contribution in [1.82, 2.24) is 3.75 Å². The summed E-state index contributed by atoms with van der Waals surface area (Å²) in [6.07, 6.45) is 0. The number of halogens is 1. The lowest BCUT2D eigenvalue weighted by Crippen LogP contribution is -2.12. The van der Waals surface area contributed by atoms with Crippen LogP contribution in [0.2, 0.25) is 0 Å². The topological polar surface area (TPSA) is 46.2 Å². The summed E-state index contributed by atoms with van der Waals surface area (Å²) in [6.45, 7) is 0. The molecule has 0 amide bonds. The Kier molecular flexibility index (Phi) is 2.77.